The predicted molar refractivity (Wildman–Crippen MR) is 84.4 cm³/mol. The van der Waals surface area contributed by atoms with Crippen molar-refractivity contribution >= 4 is 12.0 Å². The Bertz CT molecular complexity index is 542. The number of halogens is 1. The van der Waals surface area contributed by atoms with Gasteiger partial charge in [-0.2, -0.15) is 0 Å². The number of benzene rings is 1. The molecule has 0 unspecified atom stereocenters. The number of urea groups is 1. The van der Waals surface area contributed by atoms with E-state index in [1.165, 1.54) is 12.1 Å². The van der Waals surface area contributed by atoms with E-state index in [0.717, 1.165) is 5.56 Å². The van der Waals surface area contributed by atoms with Gasteiger partial charge in [-0.3, -0.25) is 4.79 Å². The summed E-state index contributed by atoms with van der Waals surface area (Å²) in [5.74, 6) is -0.542. The summed E-state index contributed by atoms with van der Waals surface area (Å²) in [5, 5.41) is 2.84. The van der Waals surface area contributed by atoms with E-state index >= 15 is 0 Å². The maximum atomic E-state index is 13.1. The molecule has 6 heteroatoms. The van der Waals surface area contributed by atoms with Crippen LogP contribution in [0.2, 0.25) is 0 Å². The highest BCUT2D eigenvalue weighted by Crippen LogP contribution is 2.18. The van der Waals surface area contributed by atoms with Crippen molar-refractivity contribution in [2.24, 2.45) is 5.92 Å². The number of amides is 2. The normalized spacial score (nSPS) is 15.3. The van der Waals surface area contributed by atoms with Crippen LogP contribution in [0.5, 0.6) is 0 Å². The lowest BCUT2D eigenvalue weighted by Gasteiger charge is -2.30. The molecule has 1 N–H and O–H groups in total. The van der Waals surface area contributed by atoms with Crippen molar-refractivity contribution in [3.63, 3.8) is 0 Å². The number of nitrogens with one attached hydrogen (secondary N) is 1. The molecule has 0 aromatic heterocycles. The van der Waals surface area contributed by atoms with E-state index in [1.54, 1.807) is 17.9 Å². The van der Waals surface area contributed by atoms with E-state index in [1.807, 2.05) is 6.07 Å². The zero-order valence-corrected chi connectivity index (χ0v) is 13.4. The van der Waals surface area contributed by atoms with Crippen LogP contribution >= 0.6 is 0 Å². The SMILES string of the molecule is CCOC(=O)C1CCN(C(=O)NCCc2cccc(F)c2)CC1. The molecular weight excluding hydrogens is 299 g/mol. The molecule has 5 nitrogen and oxygen atoms in total. The zero-order chi connectivity index (χ0) is 16.7. The molecule has 1 heterocycles. The number of hydrogen-bond acceptors (Lipinski definition) is 3. The first-order valence-electron chi connectivity index (χ1n) is 8.04. The van der Waals surface area contributed by atoms with E-state index in [4.69, 9.17) is 4.74 Å². The molecule has 0 radical (unpaired) electrons. The first-order chi connectivity index (χ1) is 11.1. The van der Waals surface area contributed by atoms with Crippen LogP contribution in [0.3, 0.4) is 0 Å². The Morgan fingerprint density at radius 2 is 2.09 bits per heavy atom. The minimum absolute atomic E-state index is 0.105. The number of esters is 1. The summed E-state index contributed by atoms with van der Waals surface area (Å²) in [6.45, 7) is 3.74. The van der Waals surface area contributed by atoms with E-state index < -0.39 is 0 Å². The number of ether oxygens (including phenoxy) is 1. The summed E-state index contributed by atoms with van der Waals surface area (Å²) >= 11 is 0. The molecule has 1 aliphatic rings. The van der Waals surface area contributed by atoms with Gasteiger partial charge in [-0.1, -0.05) is 12.1 Å². The quantitative estimate of drug-likeness (QED) is 0.847. The summed E-state index contributed by atoms with van der Waals surface area (Å²) in [4.78, 5) is 25.5. The van der Waals surface area contributed by atoms with Gasteiger partial charge in [0.25, 0.3) is 0 Å². The minimum atomic E-state index is -0.269. The van der Waals surface area contributed by atoms with Crippen LogP contribution in [0.4, 0.5) is 9.18 Å². The highest BCUT2D eigenvalue weighted by molar-refractivity contribution is 5.76. The van der Waals surface area contributed by atoms with Gasteiger partial charge in [-0.25, -0.2) is 9.18 Å². The van der Waals surface area contributed by atoms with E-state index in [-0.39, 0.29) is 23.7 Å². The van der Waals surface area contributed by atoms with Crippen molar-refractivity contribution in [1.29, 1.82) is 0 Å². The van der Waals surface area contributed by atoms with Gasteiger partial charge in [-0.05, 0) is 43.9 Å². The second kappa shape index (κ2) is 8.50. The number of hydrogen-bond donors (Lipinski definition) is 1. The van der Waals surface area contributed by atoms with Gasteiger partial charge in [0.05, 0.1) is 12.5 Å². The fourth-order valence-corrected chi connectivity index (χ4v) is 2.70. The van der Waals surface area contributed by atoms with E-state index in [0.29, 0.717) is 45.5 Å². The molecule has 23 heavy (non-hydrogen) atoms. The fourth-order valence-electron chi connectivity index (χ4n) is 2.70. The molecule has 126 valence electrons. The van der Waals surface area contributed by atoms with Gasteiger partial charge in [-0.15, -0.1) is 0 Å². The molecule has 0 aliphatic carbocycles. The summed E-state index contributed by atoms with van der Waals surface area (Å²) < 4.78 is 18.1. The van der Waals surface area contributed by atoms with Gasteiger partial charge in [0.1, 0.15) is 5.82 Å². The molecule has 2 amide bonds. The van der Waals surface area contributed by atoms with Crippen LogP contribution in [0.25, 0.3) is 0 Å². The van der Waals surface area contributed by atoms with Gasteiger partial charge in [0, 0.05) is 19.6 Å². The highest BCUT2D eigenvalue weighted by Gasteiger charge is 2.27. The summed E-state index contributed by atoms with van der Waals surface area (Å²) in [7, 11) is 0. The Balaban J connectivity index is 1.70. The highest BCUT2D eigenvalue weighted by atomic mass is 19.1. The Morgan fingerprint density at radius 3 is 2.74 bits per heavy atom. The summed E-state index contributed by atoms with van der Waals surface area (Å²) in [6, 6.07) is 6.23. The van der Waals surface area contributed by atoms with Gasteiger partial charge >= 0.3 is 12.0 Å². The molecule has 0 saturated carbocycles. The van der Waals surface area contributed by atoms with Crippen molar-refractivity contribution in [3.8, 4) is 0 Å². The van der Waals surface area contributed by atoms with Crippen LogP contribution in [0, 0.1) is 11.7 Å². The van der Waals surface area contributed by atoms with Crippen LogP contribution in [-0.4, -0.2) is 43.1 Å². The number of nitrogens with zero attached hydrogens (tertiary/aromatic N) is 1. The number of likely N-dealkylation sites (tertiary alicyclic amines) is 1. The van der Waals surface area contributed by atoms with Crippen LogP contribution in [0.15, 0.2) is 24.3 Å². The van der Waals surface area contributed by atoms with Crippen molar-refractivity contribution in [2.45, 2.75) is 26.2 Å². The molecule has 1 aromatic rings. The lowest BCUT2D eigenvalue weighted by Crippen LogP contribution is -2.46. The van der Waals surface area contributed by atoms with Crippen LogP contribution in [-0.2, 0) is 16.0 Å². The van der Waals surface area contributed by atoms with E-state index in [9.17, 15) is 14.0 Å². The predicted octanol–water partition coefficient (Wildman–Crippen LogP) is 2.35. The second-order valence-electron chi connectivity index (χ2n) is 5.63. The standard InChI is InChI=1S/C17H23FN2O3/c1-2-23-16(21)14-7-10-20(11-8-14)17(22)19-9-6-13-4-3-5-15(18)12-13/h3-5,12,14H,2,6-11H2,1H3,(H,19,22). The maximum Gasteiger partial charge on any atom is 0.317 e. The average molecular weight is 322 g/mol. The fraction of sp³-hybridized carbons (Fsp3) is 0.529. The van der Waals surface area contributed by atoms with Crippen molar-refractivity contribution < 1.29 is 18.7 Å². The van der Waals surface area contributed by atoms with Crippen LogP contribution in [0.1, 0.15) is 25.3 Å². The Hall–Kier alpha value is -2.11. The van der Waals surface area contributed by atoms with Gasteiger partial charge < -0.3 is 15.0 Å². The smallest absolute Gasteiger partial charge is 0.317 e. The van der Waals surface area contributed by atoms with Crippen molar-refractivity contribution in [2.75, 3.05) is 26.2 Å². The molecule has 1 aromatic carbocycles. The number of piperidine rings is 1. The maximum absolute atomic E-state index is 13.1. The Kier molecular flexibility index (Phi) is 6.38. The molecule has 0 spiro atoms. The molecule has 1 fully saturated rings. The third kappa shape index (κ3) is 5.23. The Labute approximate surface area is 135 Å². The zero-order valence-electron chi connectivity index (χ0n) is 13.4. The molecule has 2 rings (SSSR count). The first-order valence-corrected chi connectivity index (χ1v) is 8.04. The molecular formula is C17H23FN2O3. The first kappa shape index (κ1) is 17.2. The third-order valence-corrected chi connectivity index (χ3v) is 3.98. The van der Waals surface area contributed by atoms with Crippen LogP contribution < -0.4 is 5.32 Å². The molecule has 0 bridgehead atoms. The Morgan fingerprint density at radius 1 is 1.35 bits per heavy atom. The van der Waals surface area contributed by atoms with Gasteiger partial charge in [0.2, 0.25) is 0 Å². The number of carbonyl (C=O) groups is 2. The van der Waals surface area contributed by atoms with Crippen molar-refractivity contribution in [3.05, 3.63) is 35.6 Å². The van der Waals surface area contributed by atoms with Crippen molar-refractivity contribution in [1.82, 2.24) is 10.2 Å². The summed E-state index contributed by atoms with van der Waals surface area (Å²) in [6.07, 6.45) is 1.86. The minimum Gasteiger partial charge on any atom is -0.466 e. The molecule has 1 saturated heterocycles. The second-order valence-corrected chi connectivity index (χ2v) is 5.63. The number of carbonyl (C=O) groups excluding carboxylic acids is 2. The topological polar surface area (TPSA) is 58.6 Å². The monoisotopic (exact) mass is 322 g/mol. The largest absolute Gasteiger partial charge is 0.466 e. The lowest BCUT2D eigenvalue weighted by molar-refractivity contribution is -0.149. The molecule has 0 atom stereocenters. The number of rotatable bonds is 5. The van der Waals surface area contributed by atoms with E-state index in [2.05, 4.69) is 5.32 Å². The van der Waals surface area contributed by atoms with Gasteiger partial charge in [0.15, 0.2) is 0 Å². The lowest BCUT2D eigenvalue weighted by atomic mass is 9.97. The average Bonchev–Trinajstić information content (AvgIpc) is 2.55. The third-order valence-electron chi connectivity index (χ3n) is 3.98. The molecule has 1 aliphatic heterocycles. The summed E-state index contributed by atoms with van der Waals surface area (Å²) in [5.41, 5.74) is 0.853.